The van der Waals surface area contributed by atoms with Crippen LogP contribution in [0.25, 0.3) is 11.0 Å². The SMILES string of the molecule is CCOP(C)(=O)Cc1cc(Cn2ncc3c(N)nc(OCCO)nc32)ccc1OC. The molecule has 0 spiro atoms. The van der Waals surface area contributed by atoms with E-state index < -0.39 is 7.37 Å². The average molecular weight is 435 g/mol. The molecule has 0 amide bonds. The predicted molar refractivity (Wildman–Crippen MR) is 113 cm³/mol. The molecule has 3 rings (SSSR count). The van der Waals surface area contributed by atoms with Crippen molar-refractivity contribution in [3.8, 4) is 11.8 Å². The van der Waals surface area contributed by atoms with E-state index in [0.29, 0.717) is 29.9 Å². The van der Waals surface area contributed by atoms with Gasteiger partial charge in [0.25, 0.3) is 0 Å². The number of hydrogen-bond acceptors (Lipinski definition) is 9. The van der Waals surface area contributed by atoms with E-state index >= 15 is 0 Å². The maximum absolute atomic E-state index is 12.7. The van der Waals surface area contributed by atoms with Crippen LogP contribution in [0.3, 0.4) is 0 Å². The van der Waals surface area contributed by atoms with Crippen molar-refractivity contribution in [3.05, 3.63) is 35.5 Å². The quantitative estimate of drug-likeness (QED) is 0.460. The molecule has 2 aromatic heterocycles. The van der Waals surface area contributed by atoms with Gasteiger partial charge in [-0.3, -0.25) is 4.57 Å². The summed E-state index contributed by atoms with van der Waals surface area (Å²) in [6.07, 6.45) is 1.87. The van der Waals surface area contributed by atoms with Crippen LogP contribution in [0.5, 0.6) is 11.8 Å². The first-order chi connectivity index (χ1) is 14.4. The van der Waals surface area contributed by atoms with Gasteiger partial charge in [0.05, 0.1) is 44.6 Å². The summed E-state index contributed by atoms with van der Waals surface area (Å²) in [6, 6.07) is 5.75. The molecule has 3 N–H and O–H groups in total. The molecule has 3 aromatic rings. The van der Waals surface area contributed by atoms with E-state index in [4.69, 9.17) is 24.8 Å². The van der Waals surface area contributed by atoms with E-state index in [2.05, 4.69) is 15.1 Å². The highest BCUT2D eigenvalue weighted by Gasteiger charge is 2.20. The zero-order valence-electron chi connectivity index (χ0n) is 17.2. The van der Waals surface area contributed by atoms with Crippen molar-refractivity contribution >= 4 is 24.2 Å². The van der Waals surface area contributed by atoms with Gasteiger partial charge in [-0.05, 0) is 24.6 Å². The first-order valence-electron chi connectivity index (χ1n) is 9.46. The first kappa shape index (κ1) is 22.0. The molecule has 1 atom stereocenters. The smallest absolute Gasteiger partial charge is 0.320 e. The maximum atomic E-state index is 12.7. The molecule has 0 aliphatic heterocycles. The number of hydrogen-bond donors (Lipinski definition) is 2. The third kappa shape index (κ3) is 5.08. The van der Waals surface area contributed by atoms with Crippen LogP contribution in [0, 0.1) is 0 Å². The lowest BCUT2D eigenvalue weighted by molar-refractivity contribution is 0.192. The largest absolute Gasteiger partial charge is 0.496 e. The second-order valence-electron chi connectivity index (χ2n) is 6.74. The lowest BCUT2D eigenvalue weighted by atomic mass is 10.1. The first-order valence-corrected chi connectivity index (χ1v) is 11.7. The maximum Gasteiger partial charge on any atom is 0.320 e. The van der Waals surface area contributed by atoms with Gasteiger partial charge in [0.2, 0.25) is 7.37 Å². The van der Waals surface area contributed by atoms with Gasteiger partial charge in [0, 0.05) is 12.2 Å². The number of aliphatic hydroxyl groups is 1. The molecular weight excluding hydrogens is 409 g/mol. The second kappa shape index (κ2) is 9.42. The summed E-state index contributed by atoms with van der Waals surface area (Å²) in [6.45, 7) is 4.14. The van der Waals surface area contributed by atoms with E-state index in [1.54, 1.807) is 24.7 Å². The Morgan fingerprint density at radius 1 is 1.30 bits per heavy atom. The normalized spacial score (nSPS) is 13.3. The lowest BCUT2D eigenvalue weighted by Crippen LogP contribution is -2.08. The average Bonchev–Trinajstić information content (AvgIpc) is 3.09. The molecule has 0 aliphatic rings. The van der Waals surface area contributed by atoms with Crippen molar-refractivity contribution in [1.29, 1.82) is 0 Å². The van der Waals surface area contributed by atoms with Gasteiger partial charge in [0.15, 0.2) is 5.65 Å². The topological polar surface area (TPSA) is 135 Å². The zero-order chi connectivity index (χ0) is 21.7. The number of benzene rings is 1. The molecule has 0 aliphatic carbocycles. The monoisotopic (exact) mass is 435 g/mol. The summed E-state index contributed by atoms with van der Waals surface area (Å²) in [4.78, 5) is 8.43. The minimum Gasteiger partial charge on any atom is -0.496 e. The Kier molecular flexibility index (Phi) is 6.91. The molecule has 0 radical (unpaired) electrons. The minimum absolute atomic E-state index is 0.0673. The van der Waals surface area contributed by atoms with Gasteiger partial charge in [-0.1, -0.05) is 6.07 Å². The summed E-state index contributed by atoms with van der Waals surface area (Å²) in [5.74, 6) is 0.898. The third-order valence-electron chi connectivity index (χ3n) is 4.36. The summed E-state index contributed by atoms with van der Waals surface area (Å²) < 4.78 is 30.5. The Morgan fingerprint density at radius 2 is 2.10 bits per heavy atom. The minimum atomic E-state index is -2.78. The Balaban J connectivity index is 1.92. The van der Waals surface area contributed by atoms with E-state index in [1.165, 1.54) is 0 Å². The molecule has 1 unspecified atom stereocenters. The number of ether oxygens (including phenoxy) is 2. The van der Waals surface area contributed by atoms with Crippen molar-refractivity contribution < 1.29 is 23.7 Å². The highest BCUT2D eigenvalue weighted by atomic mass is 31.2. The van der Waals surface area contributed by atoms with Crippen molar-refractivity contribution in [2.45, 2.75) is 19.6 Å². The Labute approximate surface area is 174 Å². The molecular formula is C19H26N5O5P. The number of nitrogens with zero attached hydrogens (tertiary/aromatic N) is 4. The molecule has 0 fully saturated rings. The summed E-state index contributed by atoms with van der Waals surface area (Å²) in [5.41, 5.74) is 8.22. The van der Waals surface area contributed by atoms with Gasteiger partial charge in [0.1, 0.15) is 18.2 Å². The van der Waals surface area contributed by atoms with Crippen LogP contribution in [0.1, 0.15) is 18.1 Å². The van der Waals surface area contributed by atoms with Gasteiger partial charge in [-0.25, -0.2) is 4.68 Å². The third-order valence-corrected chi connectivity index (χ3v) is 6.08. The molecule has 1 aromatic carbocycles. The molecule has 0 bridgehead atoms. The molecule has 10 nitrogen and oxygen atoms in total. The van der Waals surface area contributed by atoms with Crippen LogP contribution in [0.15, 0.2) is 24.4 Å². The predicted octanol–water partition coefficient (Wildman–Crippen LogP) is 2.28. The fraction of sp³-hybridized carbons (Fsp3) is 0.421. The number of anilines is 1. The van der Waals surface area contributed by atoms with Crippen molar-refractivity contribution in [1.82, 2.24) is 19.7 Å². The Morgan fingerprint density at radius 3 is 2.80 bits per heavy atom. The van der Waals surface area contributed by atoms with Crippen molar-refractivity contribution in [3.63, 3.8) is 0 Å². The van der Waals surface area contributed by atoms with Crippen LogP contribution in [-0.4, -0.2) is 58.5 Å². The van der Waals surface area contributed by atoms with E-state index in [9.17, 15) is 4.57 Å². The second-order valence-corrected chi connectivity index (χ2v) is 9.34. The van der Waals surface area contributed by atoms with Gasteiger partial charge >= 0.3 is 6.01 Å². The van der Waals surface area contributed by atoms with Gasteiger partial charge < -0.3 is 24.8 Å². The fourth-order valence-corrected chi connectivity index (χ4v) is 4.63. The molecule has 30 heavy (non-hydrogen) atoms. The van der Waals surface area contributed by atoms with Gasteiger partial charge in [-0.2, -0.15) is 15.1 Å². The standard InChI is InChI=1S/C19H26N5O5P/c1-4-29-30(3,26)12-14-9-13(5-6-16(14)27-2)11-24-18-15(10-21-24)17(20)22-19(23-18)28-8-7-25/h5-6,9-10,25H,4,7-8,11-12H2,1-3H3,(H2,20,22,23). The number of nitrogens with two attached hydrogens (primary N) is 1. The molecule has 0 saturated carbocycles. The number of aliphatic hydroxyl groups excluding tert-OH is 1. The van der Waals surface area contributed by atoms with Gasteiger partial charge in [-0.15, -0.1) is 0 Å². The molecule has 162 valence electrons. The van der Waals surface area contributed by atoms with Crippen molar-refractivity contribution in [2.75, 3.05) is 39.3 Å². The lowest BCUT2D eigenvalue weighted by Gasteiger charge is -2.16. The molecule has 11 heteroatoms. The fourth-order valence-electron chi connectivity index (χ4n) is 3.13. The number of nitrogen functional groups attached to an aromatic ring is 1. The van der Waals surface area contributed by atoms with Crippen LogP contribution in [0.2, 0.25) is 0 Å². The van der Waals surface area contributed by atoms with E-state index in [1.807, 2.05) is 25.1 Å². The number of rotatable bonds is 10. The highest BCUT2D eigenvalue weighted by molar-refractivity contribution is 7.57. The van der Waals surface area contributed by atoms with E-state index in [0.717, 1.165) is 11.1 Å². The zero-order valence-corrected chi connectivity index (χ0v) is 18.1. The van der Waals surface area contributed by atoms with Crippen LogP contribution in [0.4, 0.5) is 5.82 Å². The van der Waals surface area contributed by atoms with Crippen LogP contribution < -0.4 is 15.2 Å². The molecule has 2 heterocycles. The number of fused-ring (bicyclic) bond motifs is 1. The van der Waals surface area contributed by atoms with Crippen molar-refractivity contribution in [2.24, 2.45) is 0 Å². The summed E-state index contributed by atoms with van der Waals surface area (Å²) >= 11 is 0. The molecule has 0 saturated heterocycles. The number of aromatic nitrogens is 4. The summed E-state index contributed by atoms with van der Waals surface area (Å²) in [7, 11) is -1.21. The summed E-state index contributed by atoms with van der Waals surface area (Å²) in [5, 5.41) is 13.9. The Bertz CT molecular complexity index is 1070. The highest BCUT2D eigenvalue weighted by Crippen LogP contribution is 2.47. The number of methoxy groups -OCH3 is 1. The van der Waals surface area contributed by atoms with Crippen LogP contribution in [-0.2, 0) is 21.8 Å². The van der Waals surface area contributed by atoms with E-state index in [-0.39, 0.29) is 31.2 Å². The Hall–Kier alpha value is -2.68. The van der Waals surface area contributed by atoms with Crippen LogP contribution >= 0.6 is 7.37 Å².